The fourth-order valence-electron chi connectivity index (χ4n) is 4.11. The van der Waals surface area contributed by atoms with Crippen molar-refractivity contribution in [3.63, 3.8) is 0 Å². The van der Waals surface area contributed by atoms with Gasteiger partial charge < -0.3 is 9.80 Å². The van der Waals surface area contributed by atoms with Crippen molar-refractivity contribution in [2.24, 2.45) is 5.92 Å². The fraction of sp³-hybridized carbons (Fsp3) is 0.320. The summed E-state index contributed by atoms with van der Waals surface area (Å²) in [6.07, 6.45) is 7.21. The van der Waals surface area contributed by atoms with Crippen molar-refractivity contribution in [3.05, 3.63) is 71.9 Å². The average Bonchev–Trinajstić information content (AvgIpc) is 3.65. The Kier molecular flexibility index (Phi) is 5.18. The van der Waals surface area contributed by atoms with Crippen LogP contribution in [0.4, 0.5) is 5.82 Å². The highest BCUT2D eigenvalue weighted by atomic mass is 16.2. The Labute approximate surface area is 177 Å². The van der Waals surface area contributed by atoms with E-state index in [9.17, 15) is 4.79 Å². The molecule has 30 heavy (non-hydrogen) atoms. The molecule has 1 saturated carbocycles. The number of carbonyl (C=O) groups is 1. The third-order valence-electron chi connectivity index (χ3n) is 5.99. The van der Waals surface area contributed by atoms with Crippen molar-refractivity contribution >= 4 is 28.6 Å². The molecule has 2 heterocycles. The van der Waals surface area contributed by atoms with Crippen molar-refractivity contribution < 1.29 is 4.79 Å². The first-order valence-electron chi connectivity index (χ1n) is 10.8. The van der Waals surface area contributed by atoms with E-state index in [1.54, 1.807) is 0 Å². The summed E-state index contributed by atoms with van der Waals surface area (Å²) in [5, 5.41) is 11.4. The van der Waals surface area contributed by atoms with Gasteiger partial charge in [0.15, 0.2) is 5.82 Å². The standard InChI is InChI=1S/C25H26N4O/c30-25(20-13-14-20)29-17-15-28(16-18-29)24-22-11-5-4-10-21(22)23(26-27-24)12-6-9-19-7-2-1-3-8-19/h1-8,10-12,20H,9,13-18H2/b12-6+. The molecule has 0 atom stereocenters. The number of hydrogen-bond acceptors (Lipinski definition) is 4. The molecule has 0 radical (unpaired) electrons. The van der Waals surface area contributed by atoms with Crippen LogP contribution in [-0.4, -0.2) is 47.2 Å². The van der Waals surface area contributed by atoms with E-state index in [2.05, 4.69) is 75.8 Å². The minimum absolute atomic E-state index is 0.291. The van der Waals surface area contributed by atoms with Crippen LogP contribution in [0.1, 0.15) is 24.1 Å². The number of hydrogen-bond donors (Lipinski definition) is 0. The first-order chi connectivity index (χ1) is 14.8. The molecule has 0 bridgehead atoms. The van der Waals surface area contributed by atoms with Gasteiger partial charge in [-0.1, -0.05) is 60.7 Å². The largest absolute Gasteiger partial charge is 0.351 e. The predicted molar refractivity (Wildman–Crippen MR) is 120 cm³/mol. The lowest BCUT2D eigenvalue weighted by Crippen LogP contribution is -2.49. The van der Waals surface area contributed by atoms with Crippen LogP contribution in [0.3, 0.4) is 0 Å². The van der Waals surface area contributed by atoms with E-state index in [0.717, 1.165) is 67.7 Å². The predicted octanol–water partition coefficient (Wildman–Crippen LogP) is 3.94. The van der Waals surface area contributed by atoms with Crippen molar-refractivity contribution in [2.75, 3.05) is 31.1 Å². The van der Waals surface area contributed by atoms with Crippen LogP contribution < -0.4 is 4.90 Å². The lowest BCUT2D eigenvalue weighted by Gasteiger charge is -2.35. The maximum absolute atomic E-state index is 12.3. The second kappa shape index (κ2) is 8.27. The van der Waals surface area contributed by atoms with Gasteiger partial charge in [-0.05, 0) is 30.9 Å². The Morgan fingerprint density at radius 2 is 1.60 bits per heavy atom. The maximum Gasteiger partial charge on any atom is 0.225 e. The molecule has 1 saturated heterocycles. The summed E-state index contributed by atoms with van der Waals surface area (Å²) in [5.41, 5.74) is 2.18. The van der Waals surface area contributed by atoms with Crippen LogP contribution in [0, 0.1) is 5.92 Å². The number of carbonyl (C=O) groups excluding carboxylic acids is 1. The summed E-state index contributed by atoms with van der Waals surface area (Å²) in [6, 6.07) is 18.8. The Hall–Kier alpha value is -3.21. The van der Waals surface area contributed by atoms with Crippen LogP contribution in [0.15, 0.2) is 60.7 Å². The Balaban J connectivity index is 1.34. The van der Waals surface area contributed by atoms with Gasteiger partial charge >= 0.3 is 0 Å². The zero-order chi connectivity index (χ0) is 20.3. The second-order valence-corrected chi connectivity index (χ2v) is 8.13. The van der Waals surface area contributed by atoms with E-state index in [1.807, 2.05) is 11.0 Å². The molecule has 152 valence electrons. The van der Waals surface area contributed by atoms with Gasteiger partial charge in [0.1, 0.15) is 0 Å². The minimum Gasteiger partial charge on any atom is -0.351 e. The van der Waals surface area contributed by atoms with Gasteiger partial charge in [-0.15, -0.1) is 10.2 Å². The van der Waals surface area contributed by atoms with Crippen molar-refractivity contribution in [2.45, 2.75) is 19.3 Å². The topological polar surface area (TPSA) is 49.3 Å². The number of benzene rings is 2. The molecule has 5 rings (SSSR count). The Morgan fingerprint density at radius 3 is 2.33 bits per heavy atom. The monoisotopic (exact) mass is 398 g/mol. The van der Waals surface area contributed by atoms with Crippen LogP contribution >= 0.6 is 0 Å². The molecular weight excluding hydrogens is 372 g/mol. The van der Waals surface area contributed by atoms with Crippen molar-refractivity contribution in [3.8, 4) is 0 Å². The lowest BCUT2D eigenvalue weighted by atomic mass is 10.1. The van der Waals surface area contributed by atoms with Gasteiger partial charge in [-0.3, -0.25) is 4.79 Å². The number of amides is 1. The molecule has 3 aromatic rings. The summed E-state index contributed by atoms with van der Waals surface area (Å²) >= 11 is 0. The van der Waals surface area contributed by atoms with Gasteiger partial charge in [-0.2, -0.15) is 0 Å². The molecule has 1 aliphatic carbocycles. The molecule has 2 fully saturated rings. The smallest absolute Gasteiger partial charge is 0.225 e. The molecule has 0 spiro atoms. The van der Waals surface area contributed by atoms with E-state index in [4.69, 9.17) is 0 Å². The number of nitrogens with zero attached hydrogens (tertiary/aromatic N) is 4. The quantitative estimate of drug-likeness (QED) is 0.653. The highest BCUT2D eigenvalue weighted by Crippen LogP contribution is 2.32. The summed E-state index contributed by atoms with van der Waals surface area (Å²) < 4.78 is 0. The summed E-state index contributed by atoms with van der Waals surface area (Å²) in [6.45, 7) is 3.15. The molecule has 1 aliphatic heterocycles. The van der Waals surface area contributed by atoms with Gasteiger partial charge in [0.05, 0.1) is 5.69 Å². The average molecular weight is 399 g/mol. The number of piperazine rings is 1. The third kappa shape index (κ3) is 3.92. The number of anilines is 1. The van der Waals surface area contributed by atoms with E-state index >= 15 is 0 Å². The summed E-state index contributed by atoms with van der Waals surface area (Å²) in [5.74, 6) is 1.55. The number of allylic oxidation sites excluding steroid dienone is 1. The highest BCUT2D eigenvalue weighted by Gasteiger charge is 2.34. The maximum atomic E-state index is 12.3. The van der Waals surface area contributed by atoms with Crippen LogP contribution in [0.5, 0.6) is 0 Å². The highest BCUT2D eigenvalue weighted by molar-refractivity contribution is 5.96. The Morgan fingerprint density at radius 1 is 0.900 bits per heavy atom. The first kappa shape index (κ1) is 18.8. The molecule has 2 aliphatic rings. The van der Waals surface area contributed by atoms with Gasteiger partial charge in [0.2, 0.25) is 5.91 Å². The van der Waals surface area contributed by atoms with Crippen LogP contribution in [0.25, 0.3) is 16.8 Å². The second-order valence-electron chi connectivity index (χ2n) is 8.13. The Bertz CT molecular complexity index is 1070. The van der Waals surface area contributed by atoms with E-state index in [1.165, 1.54) is 5.56 Å². The van der Waals surface area contributed by atoms with E-state index in [0.29, 0.717) is 11.8 Å². The molecule has 5 nitrogen and oxygen atoms in total. The van der Waals surface area contributed by atoms with Crippen molar-refractivity contribution in [1.29, 1.82) is 0 Å². The lowest BCUT2D eigenvalue weighted by molar-refractivity contribution is -0.132. The summed E-state index contributed by atoms with van der Waals surface area (Å²) in [4.78, 5) is 16.6. The van der Waals surface area contributed by atoms with Crippen molar-refractivity contribution in [1.82, 2.24) is 15.1 Å². The molecular formula is C25H26N4O. The molecule has 2 aromatic carbocycles. The minimum atomic E-state index is 0.291. The van der Waals surface area contributed by atoms with Gasteiger partial charge in [-0.25, -0.2) is 0 Å². The zero-order valence-electron chi connectivity index (χ0n) is 17.1. The van der Waals surface area contributed by atoms with Gasteiger partial charge in [0.25, 0.3) is 0 Å². The number of fused-ring (bicyclic) bond motifs is 1. The SMILES string of the molecule is O=C(C1CC1)N1CCN(c2nnc(/C=C/Cc3ccccc3)c3ccccc23)CC1. The molecule has 1 amide bonds. The zero-order valence-corrected chi connectivity index (χ0v) is 17.1. The fourth-order valence-corrected chi connectivity index (χ4v) is 4.11. The van der Waals surface area contributed by atoms with Crippen LogP contribution in [-0.2, 0) is 11.2 Å². The molecule has 1 aromatic heterocycles. The molecule has 0 N–H and O–H groups in total. The molecule has 5 heteroatoms. The third-order valence-corrected chi connectivity index (χ3v) is 5.99. The van der Waals surface area contributed by atoms with E-state index in [-0.39, 0.29) is 0 Å². The normalized spacial score (nSPS) is 17.1. The molecule has 0 unspecified atom stereocenters. The summed E-state index contributed by atoms with van der Waals surface area (Å²) in [7, 11) is 0. The van der Waals surface area contributed by atoms with Crippen LogP contribution in [0.2, 0.25) is 0 Å². The van der Waals surface area contributed by atoms with Gasteiger partial charge in [0, 0.05) is 42.9 Å². The number of rotatable bonds is 5. The number of aromatic nitrogens is 2. The first-order valence-corrected chi connectivity index (χ1v) is 10.8. The van der Waals surface area contributed by atoms with E-state index < -0.39 is 0 Å².